The summed E-state index contributed by atoms with van der Waals surface area (Å²) in [6.45, 7) is 1.86. The van der Waals surface area contributed by atoms with Gasteiger partial charge in [-0.1, -0.05) is 11.3 Å². The van der Waals surface area contributed by atoms with Gasteiger partial charge in [-0.05, 0) is 18.6 Å². The molecule has 0 aliphatic carbocycles. The Hall–Kier alpha value is -1.82. The van der Waals surface area contributed by atoms with Crippen LogP contribution in [-0.4, -0.2) is 16.1 Å². The average molecular weight is 224 g/mol. The second-order valence-corrected chi connectivity index (χ2v) is 4.00. The van der Waals surface area contributed by atoms with Crippen LogP contribution in [0.3, 0.4) is 0 Å². The van der Waals surface area contributed by atoms with Gasteiger partial charge in [0.25, 0.3) is 0 Å². The number of thiazole rings is 1. The van der Waals surface area contributed by atoms with Crippen LogP contribution in [0.2, 0.25) is 0 Å². The molecule has 0 aliphatic heterocycles. The van der Waals surface area contributed by atoms with E-state index in [-0.39, 0.29) is 10.7 Å². The van der Waals surface area contributed by atoms with Gasteiger partial charge in [0, 0.05) is 0 Å². The van der Waals surface area contributed by atoms with Crippen molar-refractivity contribution in [3.8, 4) is 10.8 Å². The van der Waals surface area contributed by atoms with Crippen LogP contribution in [0.15, 0.2) is 16.7 Å². The van der Waals surface area contributed by atoms with Crippen LogP contribution in [-0.2, 0) is 0 Å². The molecule has 2 rings (SSSR count). The zero-order valence-corrected chi connectivity index (χ0v) is 8.67. The minimum absolute atomic E-state index is 0.120. The van der Waals surface area contributed by atoms with Gasteiger partial charge in [-0.2, -0.15) is 0 Å². The van der Waals surface area contributed by atoms with E-state index in [4.69, 9.17) is 15.3 Å². The number of aromatic nitrogens is 1. The lowest BCUT2D eigenvalue weighted by Crippen LogP contribution is -2.00. The van der Waals surface area contributed by atoms with Crippen LogP contribution < -0.4 is 5.73 Å². The summed E-state index contributed by atoms with van der Waals surface area (Å²) >= 11 is 1.11. The molecule has 0 spiro atoms. The van der Waals surface area contributed by atoms with Crippen LogP contribution in [0.4, 0.5) is 5.00 Å². The van der Waals surface area contributed by atoms with Gasteiger partial charge in [-0.25, -0.2) is 9.78 Å². The summed E-state index contributed by atoms with van der Waals surface area (Å²) in [7, 11) is 0. The number of aromatic carboxylic acids is 1. The molecule has 0 saturated carbocycles. The van der Waals surface area contributed by atoms with E-state index >= 15 is 0 Å². The number of nitrogens with zero attached hydrogens (tertiary/aromatic N) is 1. The Morgan fingerprint density at radius 2 is 2.40 bits per heavy atom. The van der Waals surface area contributed by atoms with Crippen LogP contribution in [0.5, 0.6) is 0 Å². The first-order valence-corrected chi connectivity index (χ1v) is 4.95. The highest BCUT2D eigenvalue weighted by molar-refractivity contribution is 7.19. The fourth-order valence-electron chi connectivity index (χ4n) is 1.17. The molecule has 2 aromatic rings. The van der Waals surface area contributed by atoms with Crippen molar-refractivity contribution >= 4 is 22.3 Å². The zero-order valence-electron chi connectivity index (χ0n) is 7.85. The number of carboxylic acid groups (broad SMARTS) is 1. The maximum Gasteiger partial charge on any atom is 0.357 e. The monoisotopic (exact) mass is 224 g/mol. The van der Waals surface area contributed by atoms with Gasteiger partial charge < -0.3 is 15.3 Å². The highest BCUT2D eigenvalue weighted by Gasteiger charge is 2.18. The molecule has 15 heavy (non-hydrogen) atoms. The van der Waals surface area contributed by atoms with Crippen molar-refractivity contribution < 1.29 is 14.3 Å². The highest BCUT2D eigenvalue weighted by Crippen LogP contribution is 2.32. The number of carbonyl (C=O) groups is 1. The SMILES string of the molecule is Cc1ccoc1-c1nc(C(=O)O)c(N)s1. The molecule has 0 aromatic carbocycles. The molecule has 0 fully saturated rings. The summed E-state index contributed by atoms with van der Waals surface area (Å²) in [6, 6.07) is 1.79. The molecule has 5 nitrogen and oxygen atoms in total. The first kappa shape index (κ1) is 9.72. The third-order valence-corrected chi connectivity index (χ3v) is 2.80. The van der Waals surface area contributed by atoms with Crippen LogP contribution >= 0.6 is 11.3 Å². The Kier molecular flexibility index (Phi) is 2.20. The quantitative estimate of drug-likeness (QED) is 0.814. The van der Waals surface area contributed by atoms with Gasteiger partial charge in [-0.15, -0.1) is 0 Å². The standard InChI is InChI=1S/C9H8N2O3S/c1-4-2-3-14-6(4)8-11-5(9(12)13)7(10)15-8/h2-3H,10H2,1H3,(H,12,13). The lowest BCUT2D eigenvalue weighted by atomic mass is 10.3. The van der Waals surface area contributed by atoms with E-state index in [1.54, 1.807) is 6.07 Å². The van der Waals surface area contributed by atoms with Crippen molar-refractivity contribution in [2.75, 3.05) is 5.73 Å². The fraction of sp³-hybridized carbons (Fsp3) is 0.111. The normalized spacial score (nSPS) is 10.5. The predicted octanol–water partition coefficient (Wildman–Crippen LogP) is 1.99. The zero-order chi connectivity index (χ0) is 11.0. The van der Waals surface area contributed by atoms with Gasteiger partial charge in [-0.3, -0.25) is 0 Å². The number of anilines is 1. The Bertz CT molecular complexity index is 515. The van der Waals surface area contributed by atoms with Crippen LogP contribution in [0.25, 0.3) is 10.8 Å². The first-order valence-electron chi connectivity index (χ1n) is 4.13. The van der Waals surface area contributed by atoms with Crippen molar-refractivity contribution in [2.24, 2.45) is 0 Å². The molecule has 2 heterocycles. The predicted molar refractivity (Wildman–Crippen MR) is 55.9 cm³/mol. The molecule has 0 saturated heterocycles. The minimum Gasteiger partial charge on any atom is -0.476 e. The van der Waals surface area contributed by atoms with E-state index in [0.29, 0.717) is 10.8 Å². The summed E-state index contributed by atoms with van der Waals surface area (Å²) in [5, 5.41) is 9.46. The van der Waals surface area contributed by atoms with E-state index in [0.717, 1.165) is 16.9 Å². The second kappa shape index (κ2) is 3.39. The smallest absolute Gasteiger partial charge is 0.357 e. The molecule has 6 heteroatoms. The van der Waals surface area contributed by atoms with Crippen molar-refractivity contribution in [3.63, 3.8) is 0 Å². The van der Waals surface area contributed by atoms with Crippen LogP contribution in [0, 0.1) is 6.92 Å². The van der Waals surface area contributed by atoms with E-state index in [2.05, 4.69) is 4.98 Å². The second-order valence-electron chi connectivity index (χ2n) is 2.97. The van der Waals surface area contributed by atoms with E-state index in [1.807, 2.05) is 6.92 Å². The fourth-order valence-corrected chi connectivity index (χ4v) is 2.05. The summed E-state index contributed by atoms with van der Waals surface area (Å²) in [6.07, 6.45) is 1.53. The topological polar surface area (TPSA) is 89.3 Å². The molecule has 0 bridgehead atoms. The number of hydrogen-bond donors (Lipinski definition) is 2. The third kappa shape index (κ3) is 1.59. The number of furan rings is 1. The Balaban J connectivity index is 2.52. The molecule has 0 atom stereocenters. The first-order chi connectivity index (χ1) is 7.09. The van der Waals surface area contributed by atoms with Gasteiger partial charge in [0.05, 0.1) is 6.26 Å². The number of nitrogens with two attached hydrogens (primary N) is 1. The maximum atomic E-state index is 10.7. The molecule has 0 unspecified atom stereocenters. The van der Waals surface area contributed by atoms with Crippen molar-refractivity contribution in [1.29, 1.82) is 0 Å². The van der Waals surface area contributed by atoms with Gasteiger partial charge in [0.2, 0.25) is 0 Å². The molecule has 0 radical (unpaired) electrons. The lowest BCUT2D eigenvalue weighted by molar-refractivity contribution is 0.0692. The van der Waals surface area contributed by atoms with Crippen molar-refractivity contribution in [1.82, 2.24) is 4.98 Å². The highest BCUT2D eigenvalue weighted by atomic mass is 32.1. The average Bonchev–Trinajstić information content (AvgIpc) is 2.71. The lowest BCUT2D eigenvalue weighted by Gasteiger charge is -1.90. The van der Waals surface area contributed by atoms with Gasteiger partial charge in [0.15, 0.2) is 16.5 Å². The van der Waals surface area contributed by atoms with Gasteiger partial charge >= 0.3 is 5.97 Å². The number of hydrogen-bond acceptors (Lipinski definition) is 5. The molecular formula is C9H8N2O3S. The van der Waals surface area contributed by atoms with Crippen molar-refractivity contribution in [2.45, 2.75) is 6.92 Å². The Morgan fingerprint density at radius 3 is 2.87 bits per heavy atom. The third-order valence-electron chi connectivity index (χ3n) is 1.91. The van der Waals surface area contributed by atoms with Gasteiger partial charge in [0.1, 0.15) is 5.00 Å². The van der Waals surface area contributed by atoms with E-state index < -0.39 is 5.97 Å². The molecular weight excluding hydrogens is 216 g/mol. The number of nitrogen functional groups attached to an aromatic ring is 1. The Morgan fingerprint density at radius 1 is 1.67 bits per heavy atom. The van der Waals surface area contributed by atoms with E-state index in [1.165, 1.54) is 6.26 Å². The summed E-state index contributed by atoms with van der Waals surface area (Å²) in [5.41, 5.74) is 6.32. The summed E-state index contributed by atoms with van der Waals surface area (Å²) in [5.74, 6) is -0.557. The minimum atomic E-state index is -1.13. The molecule has 0 amide bonds. The summed E-state index contributed by atoms with van der Waals surface area (Å²) in [4.78, 5) is 14.6. The van der Waals surface area contributed by atoms with Crippen LogP contribution in [0.1, 0.15) is 16.1 Å². The number of carboxylic acids is 1. The summed E-state index contributed by atoms with van der Waals surface area (Å²) < 4.78 is 5.20. The largest absolute Gasteiger partial charge is 0.476 e. The molecule has 3 N–H and O–H groups in total. The number of aryl methyl sites for hydroxylation is 1. The molecule has 2 aromatic heterocycles. The van der Waals surface area contributed by atoms with Crippen molar-refractivity contribution in [3.05, 3.63) is 23.6 Å². The Labute approximate surface area is 89.2 Å². The number of rotatable bonds is 2. The molecule has 78 valence electrons. The maximum absolute atomic E-state index is 10.7. The van der Waals surface area contributed by atoms with E-state index in [9.17, 15) is 4.79 Å². The molecule has 0 aliphatic rings.